The van der Waals surface area contributed by atoms with E-state index in [1.807, 2.05) is 0 Å². The fourth-order valence-corrected chi connectivity index (χ4v) is 3.79. The van der Waals surface area contributed by atoms with Crippen LogP contribution in [0.5, 0.6) is 0 Å². The van der Waals surface area contributed by atoms with Crippen LogP contribution in [0.3, 0.4) is 0 Å². The van der Waals surface area contributed by atoms with Crippen molar-refractivity contribution < 1.29 is 27.6 Å². The number of carbonyl (C=O) groups excluding carboxylic acids is 2. The van der Waals surface area contributed by atoms with Crippen molar-refractivity contribution in [2.24, 2.45) is 5.92 Å². The van der Waals surface area contributed by atoms with Crippen LogP contribution in [0.15, 0.2) is 4.52 Å². The highest BCUT2D eigenvalue weighted by atomic mass is 19.3. The van der Waals surface area contributed by atoms with Crippen LogP contribution < -0.4 is 5.32 Å². The molecule has 1 aliphatic heterocycles. The van der Waals surface area contributed by atoms with Gasteiger partial charge in [0.15, 0.2) is 5.82 Å². The van der Waals surface area contributed by atoms with Crippen LogP contribution in [0.2, 0.25) is 0 Å². The number of likely N-dealkylation sites (tertiary alicyclic amines) is 1. The molecule has 0 radical (unpaired) electrons. The van der Waals surface area contributed by atoms with Gasteiger partial charge in [-0.3, -0.25) is 4.79 Å². The molecule has 10 heteroatoms. The molecular weight excluding hydrogens is 398 g/mol. The third-order valence-corrected chi connectivity index (χ3v) is 5.42. The molecule has 1 aliphatic carbocycles. The van der Waals surface area contributed by atoms with Crippen molar-refractivity contribution >= 4 is 12.0 Å². The number of alkyl halides is 2. The third kappa shape index (κ3) is 6.12. The van der Waals surface area contributed by atoms with Gasteiger partial charge in [0.25, 0.3) is 0 Å². The van der Waals surface area contributed by atoms with Crippen molar-refractivity contribution in [2.75, 3.05) is 13.1 Å². The molecule has 1 saturated heterocycles. The maximum Gasteiger partial charge on any atom is 0.410 e. The summed E-state index contributed by atoms with van der Waals surface area (Å²) in [5, 5.41) is 6.67. The minimum atomic E-state index is -2.61. The van der Waals surface area contributed by atoms with E-state index in [0.717, 1.165) is 0 Å². The Morgan fingerprint density at radius 2 is 1.97 bits per heavy atom. The lowest BCUT2D eigenvalue weighted by atomic mass is 9.86. The standard InChI is InChI=1S/C20H30F2N4O4/c1-19(2,3)29-18(28)26-10-4-5-14(12-26)17(27)23-11-15-24-16(25-30-15)13-6-8-20(21,22)9-7-13/h13-14H,4-12H2,1-3H3,(H,23,27)/t14-/m0/s1. The molecule has 1 aromatic rings. The number of amides is 2. The maximum absolute atomic E-state index is 13.3. The van der Waals surface area contributed by atoms with E-state index < -0.39 is 17.6 Å². The number of rotatable bonds is 4. The highest BCUT2D eigenvalue weighted by molar-refractivity contribution is 5.79. The average molecular weight is 428 g/mol. The monoisotopic (exact) mass is 428 g/mol. The molecule has 168 valence electrons. The Kier molecular flexibility index (Phi) is 6.62. The maximum atomic E-state index is 13.3. The predicted octanol–water partition coefficient (Wildman–Crippen LogP) is 3.63. The number of piperidine rings is 1. The van der Waals surface area contributed by atoms with Crippen LogP contribution in [-0.2, 0) is 16.1 Å². The number of aromatic nitrogens is 2. The molecule has 1 saturated carbocycles. The summed E-state index contributed by atoms with van der Waals surface area (Å²) in [7, 11) is 0. The first-order chi connectivity index (χ1) is 14.0. The Morgan fingerprint density at radius 3 is 2.63 bits per heavy atom. The zero-order valence-electron chi connectivity index (χ0n) is 17.7. The summed E-state index contributed by atoms with van der Waals surface area (Å²) in [6.07, 6.45) is 1.27. The highest BCUT2D eigenvalue weighted by Crippen LogP contribution is 2.39. The van der Waals surface area contributed by atoms with Crippen molar-refractivity contribution in [3.63, 3.8) is 0 Å². The van der Waals surface area contributed by atoms with Gasteiger partial charge in [-0.15, -0.1) is 0 Å². The summed E-state index contributed by atoms with van der Waals surface area (Å²) in [6.45, 7) is 6.33. The molecule has 2 fully saturated rings. The number of ether oxygens (including phenoxy) is 1. The van der Waals surface area contributed by atoms with Gasteiger partial charge in [-0.1, -0.05) is 5.16 Å². The Morgan fingerprint density at radius 1 is 1.27 bits per heavy atom. The number of nitrogens with zero attached hydrogens (tertiary/aromatic N) is 3. The molecule has 1 N–H and O–H groups in total. The van der Waals surface area contributed by atoms with Gasteiger partial charge in [0.2, 0.25) is 17.7 Å². The number of hydrogen-bond donors (Lipinski definition) is 1. The molecule has 30 heavy (non-hydrogen) atoms. The third-order valence-electron chi connectivity index (χ3n) is 5.42. The molecule has 2 amide bonds. The zero-order chi connectivity index (χ0) is 21.9. The van der Waals surface area contributed by atoms with Crippen LogP contribution in [0.1, 0.15) is 76.9 Å². The molecule has 1 aromatic heterocycles. The summed E-state index contributed by atoms with van der Waals surface area (Å²) in [5.74, 6) is -2.61. The molecule has 2 heterocycles. The van der Waals surface area contributed by atoms with E-state index in [1.165, 1.54) is 0 Å². The molecule has 3 rings (SSSR count). The SMILES string of the molecule is CC(C)(C)OC(=O)N1CCC[C@H](C(=O)NCc2nc(C3CCC(F)(F)CC3)no2)C1. The van der Waals surface area contributed by atoms with E-state index in [4.69, 9.17) is 9.26 Å². The minimum absolute atomic E-state index is 0.0671. The summed E-state index contributed by atoms with van der Waals surface area (Å²) in [4.78, 5) is 30.6. The van der Waals surface area contributed by atoms with Crippen molar-refractivity contribution in [3.05, 3.63) is 11.7 Å². The number of hydrogen-bond acceptors (Lipinski definition) is 6. The lowest BCUT2D eigenvalue weighted by molar-refractivity contribution is -0.126. The minimum Gasteiger partial charge on any atom is -0.444 e. The van der Waals surface area contributed by atoms with Crippen LogP contribution in [0.25, 0.3) is 0 Å². The van der Waals surface area contributed by atoms with Gasteiger partial charge < -0.3 is 19.5 Å². The van der Waals surface area contributed by atoms with Crippen LogP contribution >= 0.6 is 0 Å². The molecular formula is C20H30F2N4O4. The number of nitrogens with one attached hydrogen (secondary N) is 1. The Bertz CT molecular complexity index is 752. The van der Waals surface area contributed by atoms with E-state index >= 15 is 0 Å². The molecule has 8 nitrogen and oxygen atoms in total. The first kappa shape index (κ1) is 22.4. The van der Waals surface area contributed by atoms with E-state index in [1.54, 1.807) is 25.7 Å². The number of halogens is 2. The van der Waals surface area contributed by atoms with E-state index in [9.17, 15) is 18.4 Å². The Labute approximate surface area is 174 Å². The van der Waals surface area contributed by atoms with Gasteiger partial charge in [0, 0.05) is 31.8 Å². The zero-order valence-corrected chi connectivity index (χ0v) is 17.7. The lowest BCUT2D eigenvalue weighted by Gasteiger charge is -2.33. The van der Waals surface area contributed by atoms with Gasteiger partial charge in [0.05, 0.1) is 12.5 Å². The van der Waals surface area contributed by atoms with Crippen molar-refractivity contribution in [1.29, 1.82) is 0 Å². The molecule has 0 spiro atoms. The number of carbonyl (C=O) groups is 2. The summed E-state index contributed by atoms with van der Waals surface area (Å²) >= 11 is 0. The van der Waals surface area contributed by atoms with Gasteiger partial charge in [-0.2, -0.15) is 4.98 Å². The second kappa shape index (κ2) is 8.85. The molecule has 1 atom stereocenters. The predicted molar refractivity (Wildman–Crippen MR) is 103 cm³/mol. The van der Waals surface area contributed by atoms with Gasteiger partial charge in [-0.05, 0) is 46.5 Å². The molecule has 2 aliphatic rings. The summed E-state index contributed by atoms with van der Waals surface area (Å²) < 4.78 is 37.2. The second-order valence-corrected chi connectivity index (χ2v) is 9.16. The molecule has 0 aromatic carbocycles. The summed E-state index contributed by atoms with van der Waals surface area (Å²) in [5.41, 5.74) is -0.587. The first-order valence-corrected chi connectivity index (χ1v) is 10.5. The fraction of sp³-hybridized carbons (Fsp3) is 0.800. The second-order valence-electron chi connectivity index (χ2n) is 9.16. The Hall–Kier alpha value is -2.26. The Balaban J connectivity index is 1.47. The molecule has 0 bridgehead atoms. The normalized spacial score (nSPS) is 22.6. The van der Waals surface area contributed by atoms with Gasteiger partial charge in [0.1, 0.15) is 5.60 Å². The van der Waals surface area contributed by atoms with Gasteiger partial charge >= 0.3 is 6.09 Å². The van der Waals surface area contributed by atoms with E-state index in [0.29, 0.717) is 44.6 Å². The van der Waals surface area contributed by atoms with Crippen LogP contribution in [0, 0.1) is 5.92 Å². The largest absolute Gasteiger partial charge is 0.444 e. The van der Waals surface area contributed by atoms with Crippen molar-refractivity contribution in [1.82, 2.24) is 20.4 Å². The molecule has 0 unspecified atom stereocenters. The van der Waals surface area contributed by atoms with E-state index in [-0.39, 0.29) is 43.0 Å². The first-order valence-electron chi connectivity index (χ1n) is 10.5. The lowest BCUT2D eigenvalue weighted by Crippen LogP contribution is -2.46. The fourth-order valence-electron chi connectivity index (χ4n) is 3.79. The quantitative estimate of drug-likeness (QED) is 0.787. The smallest absolute Gasteiger partial charge is 0.410 e. The summed E-state index contributed by atoms with van der Waals surface area (Å²) in [6, 6.07) is 0. The van der Waals surface area contributed by atoms with Gasteiger partial charge in [-0.25, -0.2) is 13.6 Å². The van der Waals surface area contributed by atoms with Crippen LogP contribution in [-0.4, -0.2) is 51.7 Å². The van der Waals surface area contributed by atoms with Crippen LogP contribution in [0.4, 0.5) is 13.6 Å². The van der Waals surface area contributed by atoms with Crippen molar-refractivity contribution in [2.45, 2.75) is 83.3 Å². The van der Waals surface area contributed by atoms with Crippen molar-refractivity contribution in [3.8, 4) is 0 Å². The highest BCUT2D eigenvalue weighted by Gasteiger charge is 2.37. The average Bonchev–Trinajstić information content (AvgIpc) is 3.14. The van der Waals surface area contributed by atoms with E-state index in [2.05, 4.69) is 15.5 Å². The topological polar surface area (TPSA) is 97.6 Å².